The fraction of sp³-hybridized carbons (Fsp3) is 0.533. The summed E-state index contributed by atoms with van der Waals surface area (Å²) in [5, 5.41) is 0.461. The highest BCUT2D eigenvalue weighted by Crippen LogP contribution is 2.27. The Hall–Kier alpha value is -1.26. The van der Waals surface area contributed by atoms with Crippen molar-refractivity contribution in [3.05, 3.63) is 28.3 Å². The van der Waals surface area contributed by atoms with Crippen molar-refractivity contribution in [2.24, 2.45) is 0 Å². The SMILES string of the molecule is CCN(CC)CCN1CCc2cc(N)c(Cl)cc2C1=O. The van der Waals surface area contributed by atoms with Crippen molar-refractivity contribution in [1.29, 1.82) is 0 Å². The van der Waals surface area contributed by atoms with E-state index in [0.717, 1.165) is 44.7 Å². The summed E-state index contributed by atoms with van der Waals surface area (Å²) in [7, 11) is 0. The summed E-state index contributed by atoms with van der Waals surface area (Å²) in [5.41, 5.74) is 8.06. The summed E-state index contributed by atoms with van der Waals surface area (Å²) in [4.78, 5) is 16.7. The van der Waals surface area contributed by atoms with Crippen LogP contribution in [0.1, 0.15) is 29.8 Å². The van der Waals surface area contributed by atoms with E-state index in [1.165, 1.54) is 0 Å². The molecule has 1 aliphatic rings. The third-order valence-corrected chi connectivity index (χ3v) is 4.30. The normalized spacial score (nSPS) is 14.8. The third kappa shape index (κ3) is 3.07. The van der Waals surface area contributed by atoms with Crippen molar-refractivity contribution >= 4 is 23.2 Å². The van der Waals surface area contributed by atoms with Crippen molar-refractivity contribution < 1.29 is 4.79 Å². The second-order valence-electron chi connectivity index (χ2n) is 5.10. The predicted octanol–water partition coefficient (Wildman–Crippen LogP) is 2.26. The molecule has 1 heterocycles. The van der Waals surface area contributed by atoms with Gasteiger partial charge >= 0.3 is 0 Å². The van der Waals surface area contributed by atoms with E-state index in [0.29, 0.717) is 16.3 Å². The molecule has 0 radical (unpaired) electrons. The van der Waals surface area contributed by atoms with Crippen LogP contribution in [-0.4, -0.2) is 48.4 Å². The first-order valence-corrected chi connectivity index (χ1v) is 7.54. The van der Waals surface area contributed by atoms with Crippen molar-refractivity contribution in [3.63, 3.8) is 0 Å². The van der Waals surface area contributed by atoms with Crippen LogP contribution >= 0.6 is 11.6 Å². The molecule has 1 aromatic rings. The highest BCUT2D eigenvalue weighted by molar-refractivity contribution is 6.33. The predicted molar refractivity (Wildman–Crippen MR) is 83.3 cm³/mol. The zero-order valence-electron chi connectivity index (χ0n) is 12.2. The highest BCUT2D eigenvalue weighted by atomic mass is 35.5. The average molecular weight is 296 g/mol. The van der Waals surface area contributed by atoms with E-state index in [1.54, 1.807) is 6.07 Å². The lowest BCUT2D eigenvalue weighted by Gasteiger charge is -2.31. The lowest BCUT2D eigenvalue weighted by molar-refractivity contribution is 0.0721. The number of benzene rings is 1. The van der Waals surface area contributed by atoms with Crippen LogP contribution in [0.5, 0.6) is 0 Å². The molecule has 0 bridgehead atoms. The molecule has 20 heavy (non-hydrogen) atoms. The van der Waals surface area contributed by atoms with E-state index < -0.39 is 0 Å². The molecule has 2 rings (SSSR count). The lowest BCUT2D eigenvalue weighted by Crippen LogP contribution is -2.42. The van der Waals surface area contributed by atoms with E-state index in [-0.39, 0.29) is 5.91 Å². The molecular weight excluding hydrogens is 274 g/mol. The Bertz CT molecular complexity index is 500. The highest BCUT2D eigenvalue weighted by Gasteiger charge is 2.25. The Kier molecular flexibility index (Phi) is 4.89. The number of rotatable bonds is 5. The molecule has 0 fully saturated rings. The number of nitrogen functional groups attached to an aromatic ring is 1. The van der Waals surface area contributed by atoms with Gasteiger partial charge in [0.2, 0.25) is 0 Å². The van der Waals surface area contributed by atoms with Crippen molar-refractivity contribution in [2.45, 2.75) is 20.3 Å². The van der Waals surface area contributed by atoms with Crippen LogP contribution in [-0.2, 0) is 6.42 Å². The van der Waals surface area contributed by atoms with E-state index in [2.05, 4.69) is 18.7 Å². The Morgan fingerprint density at radius 1 is 1.35 bits per heavy atom. The minimum atomic E-state index is 0.0697. The summed E-state index contributed by atoms with van der Waals surface area (Å²) in [6, 6.07) is 3.54. The number of hydrogen-bond donors (Lipinski definition) is 1. The van der Waals surface area contributed by atoms with Gasteiger partial charge in [-0.1, -0.05) is 25.4 Å². The largest absolute Gasteiger partial charge is 0.398 e. The second-order valence-corrected chi connectivity index (χ2v) is 5.51. The zero-order valence-corrected chi connectivity index (χ0v) is 12.9. The molecule has 0 saturated carbocycles. The first kappa shape index (κ1) is 15.1. The first-order valence-electron chi connectivity index (χ1n) is 7.16. The van der Waals surface area contributed by atoms with E-state index in [1.807, 2.05) is 11.0 Å². The van der Waals surface area contributed by atoms with Crippen molar-refractivity contribution in [2.75, 3.05) is 38.5 Å². The molecule has 2 N–H and O–H groups in total. The quantitative estimate of drug-likeness (QED) is 0.848. The topological polar surface area (TPSA) is 49.6 Å². The van der Waals surface area contributed by atoms with Crippen molar-refractivity contribution in [1.82, 2.24) is 9.80 Å². The van der Waals surface area contributed by atoms with Gasteiger partial charge in [-0.05, 0) is 37.2 Å². The van der Waals surface area contributed by atoms with Gasteiger partial charge in [-0.25, -0.2) is 0 Å². The summed E-state index contributed by atoms with van der Waals surface area (Å²) in [6.07, 6.45) is 0.848. The van der Waals surface area contributed by atoms with E-state index in [9.17, 15) is 4.79 Å². The molecule has 0 spiro atoms. The van der Waals surface area contributed by atoms with E-state index in [4.69, 9.17) is 17.3 Å². The standard InChI is InChI=1S/C15H22ClN3O/c1-3-18(4-2)7-8-19-6-5-11-9-14(17)13(16)10-12(11)15(19)20/h9-10H,3-8,17H2,1-2H3. The van der Waals surface area contributed by atoms with Crippen LogP contribution < -0.4 is 5.73 Å². The molecule has 0 aromatic heterocycles. The van der Waals surface area contributed by atoms with Crippen LogP contribution in [0.15, 0.2) is 12.1 Å². The van der Waals surface area contributed by atoms with Crippen LogP contribution in [0.25, 0.3) is 0 Å². The maximum absolute atomic E-state index is 12.5. The van der Waals surface area contributed by atoms with Gasteiger partial charge < -0.3 is 15.5 Å². The molecule has 5 heteroatoms. The number of amides is 1. The number of anilines is 1. The fourth-order valence-electron chi connectivity index (χ4n) is 2.59. The van der Waals surface area contributed by atoms with Gasteiger partial charge in [-0.3, -0.25) is 4.79 Å². The first-order chi connectivity index (χ1) is 9.56. The van der Waals surface area contributed by atoms with Gasteiger partial charge in [0.25, 0.3) is 5.91 Å². The zero-order chi connectivity index (χ0) is 14.7. The summed E-state index contributed by atoms with van der Waals surface area (Å²) >= 11 is 6.03. The van der Waals surface area contributed by atoms with Gasteiger partial charge in [0.15, 0.2) is 0 Å². The maximum Gasteiger partial charge on any atom is 0.254 e. The van der Waals surface area contributed by atoms with Gasteiger partial charge in [0.05, 0.1) is 10.7 Å². The molecule has 110 valence electrons. The molecule has 0 saturated heterocycles. The molecule has 1 aromatic carbocycles. The minimum Gasteiger partial charge on any atom is -0.398 e. The van der Waals surface area contributed by atoms with Gasteiger partial charge in [-0.2, -0.15) is 0 Å². The van der Waals surface area contributed by atoms with Crippen LogP contribution in [0.2, 0.25) is 5.02 Å². The smallest absolute Gasteiger partial charge is 0.254 e. The lowest BCUT2D eigenvalue weighted by atomic mass is 9.98. The number of carbonyl (C=O) groups excluding carboxylic acids is 1. The number of fused-ring (bicyclic) bond motifs is 1. The number of nitrogens with zero attached hydrogens (tertiary/aromatic N) is 2. The van der Waals surface area contributed by atoms with Gasteiger partial charge in [0.1, 0.15) is 0 Å². The molecule has 0 unspecified atom stereocenters. The van der Waals surface area contributed by atoms with Crippen molar-refractivity contribution in [3.8, 4) is 0 Å². The maximum atomic E-state index is 12.5. The number of carbonyl (C=O) groups is 1. The van der Waals surface area contributed by atoms with E-state index >= 15 is 0 Å². The Balaban J connectivity index is 2.09. The Morgan fingerprint density at radius 2 is 2.05 bits per heavy atom. The Morgan fingerprint density at radius 3 is 2.70 bits per heavy atom. The molecule has 1 aliphatic heterocycles. The minimum absolute atomic E-state index is 0.0697. The second kappa shape index (κ2) is 6.46. The van der Waals surface area contributed by atoms with Crippen LogP contribution in [0, 0.1) is 0 Å². The van der Waals surface area contributed by atoms with Gasteiger partial charge in [-0.15, -0.1) is 0 Å². The monoisotopic (exact) mass is 295 g/mol. The molecule has 4 nitrogen and oxygen atoms in total. The molecule has 0 atom stereocenters. The number of likely N-dealkylation sites (N-methyl/N-ethyl adjacent to an activating group) is 1. The number of nitrogens with two attached hydrogens (primary N) is 1. The average Bonchev–Trinajstić information content (AvgIpc) is 2.44. The number of hydrogen-bond acceptors (Lipinski definition) is 3. The summed E-state index contributed by atoms with van der Waals surface area (Å²) in [5.74, 6) is 0.0697. The van der Waals surface area contributed by atoms with Gasteiger partial charge in [0, 0.05) is 25.2 Å². The molecule has 1 amide bonds. The summed E-state index contributed by atoms with van der Waals surface area (Å²) in [6.45, 7) is 8.74. The molecular formula is C15H22ClN3O. The van der Waals surface area contributed by atoms with Crippen LogP contribution in [0.3, 0.4) is 0 Å². The fourth-order valence-corrected chi connectivity index (χ4v) is 2.75. The number of halogens is 1. The Labute approximate surface area is 125 Å². The summed E-state index contributed by atoms with van der Waals surface area (Å²) < 4.78 is 0. The molecule has 0 aliphatic carbocycles. The van der Waals surface area contributed by atoms with Crippen LogP contribution in [0.4, 0.5) is 5.69 Å². The third-order valence-electron chi connectivity index (χ3n) is 3.97.